The van der Waals surface area contributed by atoms with E-state index in [1.165, 1.54) is 11.3 Å². The SMILES string of the molecule is CCCn1c(=NC(=O)CC)sc2cc(Cl)ccc21. The third kappa shape index (κ3) is 2.65. The van der Waals surface area contributed by atoms with Crippen molar-refractivity contribution < 1.29 is 4.79 Å². The fourth-order valence-corrected chi connectivity index (χ4v) is 3.11. The minimum atomic E-state index is -0.0856. The van der Waals surface area contributed by atoms with Gasteiger partial charge in [-0.15, -0.1) is 0 Å². The lowest BCUT2D eigenvalue weighted by Gasteiger charge is -2.02. The molecule has 2 aromatic rings. The Labute approximate surface area is 115 Å². The largest absolute Gasteiger partial charge is 0.316 e. The second-order valence-electron chi connectivity index (χ2n) is 4.01. The summed E-state index contributed by atoms with van der Waals surface area (Å²) >= 11 is 7.50. The Morgan fingerprint density at radius 3 is 2.89 bits per heavy atom. The Hall–Kier alpha value is -1.13. The minimum absolute atomic E-state index is 0.0856. The summed E-state index contributed by atoms with van der Waals surface area (Å²) in [7, 11) is 0. The number of carbonyl (C=O) groups excluding carboxylic acids is 1. The molecule has 0 aliphatic rings. The summed E-state index contributed by atoms with van der Waals surface area (Å²) in [6.07, 6.45) is 1.43. The summed E-state index contributed by atoms with van der Waals surface area (Å²) in [5.41, 5.74) is 1.09. The molecule has 0 N–H and O–H groups in total. The van der Waals surface area contributed by atoms with Crippen LogP contribution in [0.1, 0.15) is 26.7 Å². The molecule has 0 fully saturated rings. The molecule has 3 nitrogen and oxygen atoms in total. The van der Waals surface area contributed by atoms with Crippen molar-refractivity contribution in [2.75, 3.05) is 0 Å². The zero-order chi connectivity index (χ0) is 13.1. The molecule has 18 heavy (non-hydrogen) atoms. The number of nitrogens with zero attached hydrogens (tertiary/aromatic N) is 2. The van der Waals surface area contributed by atoms with E-state index in [-0.39, 0.29) is 5.91 Å². The molecule has 0 unspecified atom stereocenters. The maximum absolute atomic E-state index is 11.5. The van der Waals surface area contributed by atoms with Gasteiger partial charge in [0.05, 0.1) is 10.2 Å². The summed E-state index contributed by atoms with van der Waals surface area (Å²) in [4.78, 5) is 16.4. The Kier molecular flexibility index (Phi) is 4.19. The van der Waals surface area contributed by atoms with E-state index in [2.05, 4.69) is 16.5 Å². The van der Waals surface area contributed by atoms with E-state index in [0.717, 1.165) is 28.0 Å². The number of aromatic nitrogens is 1. The fourth-order valence-electron chi connectivity index (χ4n) is 1.76. The summed E-state index contributed by atoms with van der Waals surface area (Å²) in [5, 5.41) is 0.709. The molecule has 0 aliphatic heterocycles. The summed E-state index contributed by atoms with van der Waals surface area (Å²) in [5.74, 6) is -0.0856. The maximum atomic E-state index is 11.5. The van der Waals surface area contributed by atoms with Gasteiger partial charge in [0.1, 0.15) is 0 Å². The highest BCUT2D eigenvalue weighted by atomic mass is 35.5. The van der Waals surface area contributed by atoms with Crippen molar-refractivity contribution in [2.45, 2.75) is 33.2 Å². The molecule has 0 radical (unpaired) electrons. The van der Waals surface area contributed by atoms with Gasteiger partial charge in [-0.2, -0.15) is 4.99 Å². The average molecular weight is 283 g/mol. The topological polar surface area (TPSA) is 34.4 Å². The molecule has 1 aromatic heterocycles. The summed E-state index contributed by atoms with van der Waals surface area (Å²) in [6.45, 7) is 4.79. The van der Waals surface area contributed by atoms with Crippen molar-refractivity contribution in [1.29, 1.82) is 0 Å². The van der Waals surface area contributed by atoms with Crippen LogP contribution in [0, 0.1) is 0 Å². The number of hydrogen-bond acceptors (Lipinski definition) is 2. The number of benzene rings is 1. The van der Waals surface area contributed by atoms with Gasteiger partial charge in [-0.25, -0.2) is 0 Å². The quantitative estimate of drug-likeness (QED) is 0.847. The molecule has 5 heteroatoms. The predicted octanol–water partition coefficient (Wildman–Crippen LogP) is 3.60. The first-order valence-corrected chi connectivity index (χ1v) is 7.21. The van der Waals surface area contributed by atoms with Gasteiger partial charge in [0.15, 0.2) is 4.80 Å². The zero-order valence-corrected chi connectivity index (χ0v) is 12.0. The fraction of sp³-hybridized carbons (Fsp3) is 0.385. The van der Waals surface area contributed by atoms with Crippen molar-refractivity contribution in [1.82, 2.24) is 4.57 Å². The first kappa shape index (κ1) is 13.3. The van der Waals surface area contributed by atoms with Gasteiger partial charge in [-0.05, 0) is 24.6 Å². The normalized spacial score (nSPS) is 12.3. The lowest BCUT2D eigenvalue weighted by molar-refractivity contribution is -0.117. The Balaban J connectivity index is 2.68. The van der Waals surface area contributed by atoms with Crippen LogP contribution in [0.3, 0.4) is 0 Å². The highest BCUT2D eigenvalue weighted by Crippen LogP contribution is 2.22. The van der Waals surface area contributed by atoms with Crippen molar-refractivity contribution in [3.63, 3.8) is 0 Å². The van der Waals surface area contributed by atoms with Crippen LogP contribution in [0.4, 0.5) is 0 Å². The Morgan fingerprint density at radius 2 is 2.22 bits per heavy atom. The number of thiazole rings is 1. The molecule has 0 saturated carbocycles. The minimum Gasteiger partial charge on any atom is -0.316 e. The molecule has 1 amide bonds. The lowest BCUT2D eigenvalue weighted by atomic mass is 10.3. The number of rotatable bonds is 3. The summed E-state index contributed by atoms with van der Waals surface area (Å²) in [6, 6.07) is 5.77. The average Bonchev–Trinajstić information content (AvgIpc) is 2.67. The van der Waals surface area contributed by atoms with Crippen LogP contribution in [0.5, 0.6) is 0 Å². The monoisotopic (exact) mass is 282 g/mol. The van der Waals surface area contributed by atoms with E-state index >= 15 is 0 Å². The van der Waals surface area contributed by atoms with Gasteiger partial charge in [0.25, 0.3) is 0 Å². The first-order valence-electron chi connectivity index (χ1n) is 6.02. The predicted molar refractivity (Wildman–Crippen MR) is 76.0 cm³/mol. The maximum Gasteiger partial charge on any atom is 0.248 e. The van der Waals surface area contributed by atoms with Crippen LogP contribution in [-0.2, 0) is 11.3 Å². The van der Waals surface area contributed by atoms with Gasteiger partial charge >= 0.3 is 0 Å². The third-order valence-corrected chi connectivity index (χ3v) is 3.89. The smallest absolute Gasteiger partial charge is 0.248 e. The molecule has 0 spiro atoms. The van der Waals surface area contributed by atoms with E-state index in [0.29, 0.717) is 11.4 Å². The van der Waals surface area contributed by atoms with Crippen LogP contribution in [-0.4, -0.2) is 10.5 Å². The van der Waals surface area contributed by atoms with Crippen LogP contribution in [0.25, 0.3) is 10.2 Å². The zero-order valence-electron chi connectivity index (χ0n) is 10.4. The number of carbonyl (C=O) groups is 1. The van der Waals surface area contributed by atoms with E-state index in [9.17, 15) is 4.79 Å². The third-order valence-electron chi connectivity index (χ3n) is 2.61. The van der Waals surface area contributed by atoms with E-state index in [1.807, 2.05) is 25.1 Å². The van der Waals surface area contributed by atoms with Gasteiger partial charge in [-0.1, -0.05) is 36.8 Å². The number of aryl methyl sites for hydroxylation is 1. The number of amides is 1. The first-order chi connectivity index (χ1) is 8.65. The second-order valence-corrected chi connectivity index (χ2v) is 5.45. The number of hydrogen-bond donors (Lipinski definition) is 0. The molecular formula is C13H15ClN2OS. The number of halogens is 1. The van der Waals surface area contributed by atoms with Crippen LogP contribution < -0.4 is 4.80 Å². The van der Waals surface area contributed by atoms with Crippen molar-refractivity contribution in [2.24, 2.45) is 4.99 Å². The van der Waals surface area contributed by atoms with Gasteiger partial charge < -0.3 is 4.57 Å². The van der Waals surface area contributed by atoms with E-state index in [4.69, 9.17) is 11.6 Å². The summed E-state index contributed by atoms with van der Waals surface area (Å²) < 4.78 is 3.16. The molecular weight excluding hydrogens is 268 g/mol. The van der Waals surface area contributed by atoms with Crippen LogP contribution in [0.2, 0.25) is 5.02 Å². The van der Waals surface area contributed by atoms with Crippen LogP contribution in [0.15, 0.2) is 23.2 Å². The van der Waals surface area contributed by atoms with Gasteiger partial charge in [-0.3, -0.25) is 4.79 Å². The lowest BCUT2D eigenvalue weighted by Crippen LogP contribution is -2.16. The Bertz CT molecular complexity index is 642. The standard InChI is InChI=1S/C13H15ClN2OS/c1-3-7-16-10-6-5-9(14)8-11(10)18-13(16)15-12(17)4-2/h5-6,8H,3-4,7H2,1-2H3. The molecule has 2 rings (SSSR count). The molecule has 0 bridgehead atoms. The van der Waals surface area contributed by atoms with Crippen molar-refractivity contribution in [3.05, 3.63) is 28.0 Å². The number of fused-ring (bicyclic) bond motifs is 1. The molecule has 96 valence electrons. The second kappa shape index (κ2) is 5.67. The van der Waals surface area contributed by atoms with Gasteiger partial charge in [0, 0.05) is 18.0 Å². The molecule has 1 aromatic carbocycles. The van der Waals surface area contributed by atoms with Gasteiger partial charge in [0.2, 0.25) is 5.91 Å². The molecule has 0 aliphatic carbocycles. The van der Waals surface area contributed by atoms with E-state index in [1.54, 1.807) is 0 Å². The molecule has 0 atom stereocenters. The highest BCUT2D eigenvalue weighted by molar-refractivity contribution is 7.16. The Morgan fingerprint density at radius 1 is 1.44 bits per heavy atom. The van der Waals surface area contributed by atoms with E-state index < -0.39 is 0 Å². The highest BCUT2D eigenvalue weighted by Gasteiger charge is 2.07. The van der Waals surface area contributed by atoms with Crippen LogP contribution >= 0.6 is 22.9 Å². The molecule has 1 heterocycles. The van der Waals surface area contributed by atoms with Crippen molar-refractivity contribution in [3.8, 4) is 0 Å². The van der Waals surface area contributed by atoms with Crippen molar-refractivity contribution >= 4 is 39.1 Å². The molecule has 0 saturated heterocycles.